The summed E-state index contributed by atoms with van der Waals surface area (Å²) in [6.45, 7) is 3.64. The van der Waals surface area contributed by atoms with Gasteiger partial charge in [0.05, 0.1) is 6.04 Å². The monoisotopic (exact) mass is 355 g/mol. The van der Waals surface area contributed by atoms with Crippen LogP contribution in [0.5, 0.6) is 0 Å². The van der Waals surface area contributed by atoms with Crippen LogP contribution in [0.15, 0.2) is 41.4 Å². The lowest BCUT2D eigenvalue weighted by Gasteiger charge is -2.18. The Morgan fingerprint density at radius 1 is 1.35 bits per heavy atom. The van der Waals surface area contributed by atoms with Gasteiger partial charge in [-0.1, -0.05) is 68.9 Å². The zero-order valence-electron chi connectivity index (χ0n) is 8.59. The van der Waals surface area contributed by atoms with Gasteiger partial charge in [-0.2, -0.15) is 0 Å². The first-order valence-electron chi connectivity index (χ1n) is 4.60. The highest BCUT2D eigenvalue weighted by molar-refractivity contribution is 9.10. The van der Waals surface area contributed by atoms with E-state index in [1.165, 1.54) is 0 Å². The smallest absolute Gasteiger partial charge is 0.272 e. The maximum atomic E-state index is 11.5. The molecule has 0 aliphatic heterocycles. The van der Waals surface area contributed by atoms with Gasteiger partial charge in [0.15, 0.2) is 0 Å². The Morgan fingerprint density at radius 3 is 2.29 bits per heavy atom. The van der Waals surface area contributed by atoms with Gasteiger partial charge in [-0.3, -0.25) is 4.79 Å². The number of nitrogens with one attached hydrogen (secondary N) is 1. The third-order valence-corrected chi connectivity index (χ3v) is 3.05. The van der Waals surface area contributed by atoms with Gasteiger partial charge in [-0.05, 0) is 17.7 Å². The van der Waals surface area contributed by atoms with Crippen molar-refractivity contribution in [2.45, 2.75) is 9.83 Å². The van der Waals surface area contributed by atoms with E-state index >= 15 is 0 Å². The van der Waals surface area contributed by atoms with Crippen molar-refractivity contribution in [1.82, 2.24) is 5.32 Å². The molecule has 1 N–H and O–H groups in total. The van der Waals surface area contributed by atoms with Crippen LogP contribution in [0.3, 0.4) is 0 Å². The van der Waals surface area contributed by atoms with Crippen molar-refractivity contribution < 1.29 is 4.79 Å². The molecule has 1 aromatic carbocycles. The molecule has 0 spiro atoms. The standard InChI is InChI=1S/C11H9BrCl3NO/c1-2-9(16-10(17)11(13,14)15)7-3-5-8(12)6-4-7/h2-6,9H,1H2,(H,16,17). The molecule has 17 heavy (non-hydrogen) atoms. The Morgan fingerprint density at radius 2 is 1.88 bits per heavy atom. The van der Waals surface area contributed by atoms with Gasteiger partial charge in [-0.25, -0.2) is 0 Å². The van der Waals surface area contributed by atoms with Crippen LogP contribution in [0.2, 0.25) is 0 Å². The summed E-state index contributed by atoms with van der Waals surface area (Å²) in [6, 6.07) is 7.00. The highest BCUT2D eigenvalue weighted by Crippen LogP contribution is 2.27. The molecule has 0 aromatic heterocycles. The average Bonchev–Trinajstić information content (AvgIpc) is 2.25. The van der Waals surface area contributed by atoms with E-state index in [-0.39, 0.29) is 0 Å². The number of carbonyl (C=O) groups is 1. The normalized spacial score (nSPS) is 12.9. The van der Waals surface area contributed by atoms with Crippen LogP contribution in [-0.4, -0.2) is 9.70 Å². The van der Waals surface area contributed by atoms with Gasteiger partial charge in [0.2, 0.25) is 0 Å². The first kappa shape index (κ1) is 14.8. The molecule has 1 atom stereocenters. The second kappa shape index (κ2) is 6.10. The summed E-state index contributed by atoms with van der Waals surface area (Å²) >= 11 is 19.7. The van der Waals surface area contributed by atoms with Crippen LogP contribution in [0, 0.1) is 0 Å². The van der Waals surface area contributed by atoms with E-state index in [0.29, 0.717) is 0 Å². The highest BCUT2D eigenvalue weighted by atomic mass is 79.9. The van der Waals surface area contributed by atoms with Crippen molar-refractivity contribution in [1.29, 1.82) is 0 Å². The molecule has 1 amide bonds. The number of alkyl halides is 3. The maximum Gasteiger partial charge on any atom is 0.272 e. The van der Waals surface area contributed by atoms with E-state index < -0.39 is 15.7 Å². The summed E-state index contributed by atoms with van der Waals surface area (Å²) in [6.07, 6.45) is 1.57. The first-order valence-corrected chi connectivity index (χ1v) is 6.53. The third-order valence-electron chi connectivity index (χ3n) is 2.01. The zero-order valence-corrected chi connectivity index (χ0v) is 12.4. The average molecular weight is 357 g/mol. The van der Waals surface area contributed by atoms with Gasteiger partial charge < -0.3 is 5.32 Å². The van der Waals surface area contributed by atoms with Gasteiger partial charge in [0.1, 0.15) is 0 Å². The lowest BCUT2D eigenvalue weighted by molar-refractivity contribution is -0.120. The fourth-order valence-electron chi connectivity index (χ4n) is 1.17. The molecule has 0 aliphatic rings. The maximum absolute atomic E-state index is 11.5. The number of amides is 1. The first-order chi connectivity index (χ1) is 7.84. The molecule has 0 saturated carbocycles. The molecule has 6 heteroatoms. The quantitative estimate of drug-likeness (QED) is 0.639. The molecule has 2 nitrogen and oxygen atoms in total. The number of hydrogen-bond donors (Lipinski definition) is 1. The van der Waals surface area contributed by atoms with E-state index in [4.69, 9.17) is 34.8 Å². The third kappa shape index (κ3) is 4.51. The number of carbonyl (C=O) groups excluding carboxylic acids is 1. The Kier molecular flexibility index (Phi) is 5.32. The molecule has 1 unspecified atom stereocenters. The molecule has 0 aliphatic carbocycles. The van der Waals surface area contributed by atoms with Crippen molar-refractivity contribution in [3.63, 3.8) is 0 Å². The largest absolute Gasteiger partial charge is 0.342 e. The summed E-state index contributed by atoms with van der Waals surface area (Å²) in [5, 5.41) is 2.57. The Balaban J connectivity index is 2.83. The van der Waals surface area contributed by atoms with Crippen LogP contribution in [-0.2, 0) is 4.79 Å². The van der Waals surface area contributed by atoms with E-state index in [2.05, 4.69) is 27.8 Å². The van der Waals surface area contributed by atoms with E-state index in [9.17, 15) is 4.79 Å². The van der Waals surface area contributed by atoms with Crippen molar-refractivity contribution >= 4 is 56.6 Å². The summed E-state index contributed by atoms with van der Waals surface area (Å²) in [5.41, 5.74) is 0.853. The zero-order chi connectivity index (χ0) is 13.1. The fourth-order valence-corrected chi connectivity index (χ4v) is 1.60. The Bertz CT molecular complexity index is 414. The number of hydrogen-bond acceptors (Lipinski definition) is 1. The molecular weight excluding hydrogens is 348 g/mol. The second-order valence-corrected chi connectivity index (χ2v) is 6.43. The minimum Gasteiger partial charge on any atom is -0.342 e. The SMILES string of the molecule is C=CC(NC(=O)C(Cl)(Cl)Cl)c1ccc(Br)cc1. The van der Waals surface area contributed by atoms with Crippen LogP contribution in [0.1, 0.15) is 11.6 Å². The second-order valence-electron chi connectivity index (χ2n) is 3.24. The Hall–Kier alpha value is -0.220. The molecule has 0 radical (unpaired) electrons. The molecule has 1 aromatic rings. The predicted molar refractivity (Wildman–Crippen MR) is 75.5 cm³/mol. The molecule has 0 saturated heterocycles. The lowest BCUT2D eigenvalue weighted by atomic mass is 10.1. The van der Waals surface area contributed by atoms with Crippen molar-refractivity contribution in [3.8, 4) is 0 Å². The molecule has 0 fully saturated rings. The van der Waals surface area contributed by atoms with E-state index in [1.807, 2.05) is 24.3 Å². The van der Waals surface area contributed by atoms with Crippen LogP contribution in [0.4, 0.5) is 0 Å². The van der Waals surface area contributed by atoms with Crippen LogP contribution >= 0.6 is 50.7 Å². The van der Waals surface area contributed by atoms with Crippen molar-refractivity contribution in [2.24, 2.45) is 0 Å². The summed E-state index contributed by atoms with van der Waals surface area (Å²) < 4.78 is -1.03. The minimum absolute atomic E-state index is 0.397. The van der Waals surface area contributed by atoms with E-state index in [0.717, 1.165) is 10.0 Å². The Labute approximate surface area is 123 Å². The molecule has 0 heterocycles. The van der Waals surface area contributed by atoms with Crippen molar-refractivity contribution in [3.05, 3.63) is 47.0 Å². The number of rotatable bonds is 3. The summed E-state index contributed by atoms with van der Waals surface area (Å²) in [4.78, 5) is 11.5. The van der Waals surface area contributed by atoms with Gasteiger partial charge in [-0.15, -0.1) is 6.58 Å². The predicted octanol–water partition coefficient (Wildman–Crippen LogP) is 4.16. The topological polar surface area (TPSA) is 29.1 Å². The van der Waals surface area contributed by atoms with Crippen LogP contribution < -0.4 is 5.32 Å². The van der Waals surface area contributed by atoms with Gasteiger partial charge in [0, 0.05) is 4.47 Å². The lowest BCUT2D eigenvalue weighted by Crippen LogP contribution is -2.36. The molecule has 1 rings (SSSR count). The molecule has 0 bridgehead atoms. The van der Waals surface area contributed by atoms with Crippen LogP contribution in [0.25, 0.3) is 0 Å². The molecular formula is C11H9BrCl3NO. The minimum atomic E-state index is -1.98. The molecule has 92 valence electrons. The van der Waals surface area contributed by atoms with E-state index in [1.54, 1.807) is 6.08 Å². The summed E-state index contributed by atoms with van der Waals surface area (Å²) in [7, 11) is 0. The fraction of sp³-hybridized carbons (Fsp3) is 0.182. The van der Waals surface area contributed by atoms with Gasteiger partial charge >= 0.3 is 0 Å². The van der Waals surface area contributed by atoms with Gasteiger partial charge in [0.25, 0.3) is 9.70 Å². The number of benzene rings is 1. The number of halogens is 4. The van der Waals surface area contributed by atoms with Crippen molar-refractivity contribution in [2.75, 3.05) is 0 Å². The highest BCUT2D eigenvalue weighted by Gasteiger charge is 2.31. The summed E-state index contributed by atoms with van der Waals surface area (Å²) in [5.74, 6) is -0.685.